The van der Waals surface area contributed by atoms with Crippen LogP contribution in [0, 0.1) is 0 Å². The molecule has 0 spiro atoms. The number of hydrogen-bond donors (Lipinski definition) is 0. The van der Waals surface area contributed by atoms with Gasteiger partial charge in [-0.3, -0.25) is 9.13 Å². The summed E-state index contributed by atoms with van der Waals surface area (Å²) in [7, 11) is 0. The first-order valence-corrected chi connectivity index (χ1v) is 24.3. The quantitative estimate of drug-likeness (QED) is 0.152. The first kappa shape index (κ1) is 41.2. The molecular weight excluding hydrogens is 877 g/mol. The van der Waals surface area contributed by atoms with E-state index in [1.807, 2.05) is 24.3 Å². The Morgan fingerprint density at radius 1 is 0.278 bits per heavy atom. The molecule has 6 nitrogen and oxygen atoms in total. The molecule has 3 aromatic heterocycles. The predicted octanol–water partition coefficient (Wildman–Crippen LogP) is 16.6. The van der Waals surface area contributed by atoms with E-state index in [4.69, 9.17) is 19.9 Å². The number of nitrogens with zero attached hydrogens (tertiary/aromatic N) is 6. The summed E-state index contributed by atoms with van der Waals surface area (Å²) in [5, 5.41) is 5.67. The highest BCUT2D eigenvalue weighted by Gasteiger charge is 2.22. The van der Waals surface area contributed by atoms with Crippen molar-refractivity contribution < 1.29 is 0 Å². The molecule has 0 aliphatic rings. The van der Waals surface area contributed by atoms with Crippen molar-refractivity contribution >= 4 is 54.5 Å². The number of benzene rings is 11. The molecule has 0 atom stereocenters. The molecule has 72 heavy (non-hydrogen) atoms. The summed E-state index contributed by atoms with van der Waals surface area (Å²) in [6, 6.07) is 89.9. The Balaban J connectivity index is 1.05. The van der Waals surface area contributed by atoms with E-state index in [-0.39, 0.29) is 0 Å². The molecule has 336 valence electrons. The Morgan fingerprint density at radius 2 is 0.736 bits per heavy atom. The van der Waals surface area contributed by atoms with Gasteiger partial charge in [0.2, 0.25) is 0 Å². The third-order valence-corrected chi connectivity index (χ3v) is 13.9. The van der Waals surface area contributed by atoms with E-state index in [9.17, 15) is 0 Å². The van der Waals surface area contributed by atoms with E-state index in [0.29, 0.717) is 5.82 Å². The van der Waals surface area contributed by atoms with E-state index in [1.54, 1.807) is 0 Å². The van der Waals surface area contributed by atoms with Crippen LogP contribution >= 0.6 is 0 Å². The molecular formula is C66H42N6. The van der Waals surface area contributed by atoms with Gasteiger partial charge in [-0.25, -0.2) is 19.9 Å². The second kappa shape index (κ2) is 17.0. The molecule has 0 unspecified atom stereocenters. The van der Waals surface area contributed by atoms with Gasteiger partial charge in [-0.1, -0.05) is 176 Å². The lowest BCUT2D eigenvalue weighted by Gasteiger charge is -2.16. The van der Waals surface area contributed by atoms with Crippen LogP contribution in [0.4, 0.5) is 0 Å². The van der Waals surface area contributed by atoms with Gasteiger partial charge in [-0.05, 0) is 117 Å². The molecule has 3 heterocycles. The van der Waals surface area contributed by atoms with E-state index in [2.05, 4.69) is 240 Å². The molecule has 14 rings (SSSR count). The summed E-state index contributed by atoms with van der Waals surface area (Å²) in [6.07, 6.45) is 0. The molecule has 0 aliphatic carbocycles. The van der Waals surface area contributed by atoms with Crippen LogP contribution in [0.2, 0.25) is 0 Å². The molecule has 0 amide bonds. The fraction of sp³-hybridized carbons (Fsp3) is 0. The fourth-order valence-electron chi connectivity index (χ4n) is 10.4. The minimum atomic E-state index is 0.607. The molecule has 0 bridgehead atoms. The second-order valence-electron chi connectivity index (χ2n) is 18.3. The van der Waals surface area contributed by atoms with Crippen molar-refractivity contribution in [2.75, 3.05) is 0 Å². The number of fused-ring (bicyclic) bond motifs is 5. The van der Waals surface area contributed by atoms with Gasteiger partial charge in [0.05, 0.1) is 33.3 Å². The van der Waals surface area contributed by atoms with Gasteiger partial charge in [0.15, 0.2) is 5.82 Å². The summed E-state index contributed by atoms with van der Waals surface area (Å²) >= 11 is 0. The zero-order chi connectivity index (χ0) is 47.5. The number of rotatable bonds is 8. The lowest BCUT2D eigenvalue weighted by Crippen LogP contribution is -1.99. The summed E-state index contributed by atoms with van der Waals surface area (Å²) < 4.78 is 4.49. The van der Waals surface area contributed by atoms with Gasteiger partial charge < -0.3 is 0 Å². The molecule has 0 N–H and O–H groups in total. The van der Waals surface area contributed by atoms with E-state index in [1.165, 1.54) is 16.2 Å². The Kier molecular flexibility index (Phi) is 9.74. The molecule has 14 aromatic rings. The number of imidazole rings is 2. The molecule has 0 fully saturated rings. The summed E-state index contributed by atoms with van der Waals surface area (Å²) in [4.78, 5) is 22.0. The van der Waals surface area contributed by atoms with Crippen LogP contribution in [-0.2, 0) is 0 Å². The minimum Gasteiger partial charge on any atom is -0.292 e. The molecule has 6 heteroatoms. The van der Waals surface area contributed by atoms with Gasteiger partial charge in [-0.15, -0.1) is 0 Å². The Labute approximate surface area is 415 Å². The average Bonchev–Trinajstić information content (AvgIpc) is 4.04. The van der Waals surface area contributed by atoms with E-state index < -0.39 is 0 Å². The minimum absolute atomic E-state index is 0.607. The van der Waals surface area contributed by atoms with Crippen molar-refractivity contribution in [1.29, 1.82) is 0 Å². The zero-order valence-electron chi connectivity index (χ0n) is 38.9. The van der Waals surface area contributed by atoms with Crippen molar-refractivity contribution in [3.8, 4) is 79.0 Å². The Bertz CT molecular complexity index is 4370. The monoisotopic (exact) mass is 918 g/mol. The third-order valence-electron chi connectivity index (χ3n) is 13.9. The number of aromatic nitrogens is 6. The standard InChI is InChI=1S/C66H42N6/c1-5-19-45(20-6-1)65-67-58-41-51(33-35-60(58)71(65)54-25-9-3-10-26-54)62-57-40-53(49-31-29-43-17-13-15-23-47(43)37-49)39-56(50-32-30-44-18-14-16-24-48(44)38-50)63(57)70-64(69-62)52-34-36-61-59(42-52)68-66(46-21-7-2-8-22-46)72(61)55-27-11-4-12-28-55/h1-42H. The fourth-order valence-corrected chi connectivity index (χ4v) is 10.4. The lowest BCUT2D eigenvalue weighted by atomic mass is 9.92. The van der Waals surface area contributed by atoms with Crippen LogP contribution in [0.15, 0.2) is 255 Å². The molecule has 11 aromatic carbocycles. The third kappa shape index (κ3) is 7.12. The SMILES string of the molecule is c1ccc(-c2nc3cc(-c4nc(-c5ccc6c(c5)nc(-c5ccccc5)n6-c5ccccc5)c5cc(-c6ccc7ccccc7c6)cc(-c6ccc7ccccc7c6)c5n4)ccc3n2-c2ccccc2)cc1. The molecule has 0 aliphatic heterocycles. The molecule has 0 saturated heterocycles. The van der Waals surface area contributed by atoms with Gasteiger partial charge in [-0.2, -0.15) is 0 Å². The second-order valence-corrected chi connectivity index (χ2v) is 18.3. The van der Waals surface area contributed by atoms with Crippen LogP contribution in [0.3, 0.4) is 0 Å². The van der Waals surface area contributed by atoms with Crippen LogP contribution in [0.5, 0.6) is 0 Å². The van der Waals surface area contributed by atoms with Crippen LogP contribution in [0.1, 0.15) is 0 Å². The normalized spacial score (nSPS) is 11.6. The smallest absolute Gasteiger partial charge is 0.160 e. The van der Waals surface area contributed by atoms with Gasteiger partial charge in [0, 0.05) is 44.6 Å². The van der Waals surface area contributed by atoms with Gasteiger partial charge >= 0.3 is 0 Å². The molecule has 0 radical (unpaired) electrons. The van der Waals surface area contributed by atoms with Gasteiger partial charge in [0.1, 0.15) is 11.6 Å². The Hall–Kier alpha value is -9.78. The lowest BCUT2D eigenvalue weighted by molar-refractivity contribution is 1.10. The zero-order valence-corrected chi connectivity index (χ0v) is 38.9. The van der Waals surface area contributed by atoms with Crippen molar-refractivity contribution in [3.63, 3.8) is 0 Å². The Morgan fingerprint density at radius 3 is 1.31 bits per heavy atom. The first-order valence-electron chi connectivity index (χ1n) is 24.3. The topological polar surface area (TPSA) is 61.4 Å². The highest BCUT2D eigenvalue weighted by Crippen LogP contribution is 2.42. The van der Waals surface area contributed by atoms with Crippen LogP contribution in [-0.4, -0.2) is 29.1 Å². The highest BCUT2D eigenvalue weighted by atomic mass is 15.1. The van der Waals surface area contributed by atoms with Crippen molar-refractivity contribution in [2.45, 2.75) is 0 Å². The number of para-hydroxylation sites is 2. The van der Waals surface area contributed by atoms with Gasteiger partial charge in [0.25, 0.3) is 0 Å². The maximum Gasteiger partial charge on any atom is 0.160 e. The first-order chi connectivity index (χ1) is 35.7. The summed E-state index contributed by atoms with van der Waals surface area (Å²) in [5.41, 5.74) is 15.6. The van der Waals surface area contributed by atoms with Crippen molar-refractivity contribution in [2.24, 2.45) is 0 Å². The molecule has 0 saturated carbocycles. The largest absolute Gasteiger partial charge is 0.292 e. The van der Waals surface area contributed by atoms with Crippen molar-refractivity contribution in [1.82, 2.24) is 29.1 Å². The highest BCUT2D eigenvalue weighted by molar-refractivity contribution is 6.07. The van der Waals surface area contributed by atoms with Crippen molar-refractivity contribution in [3.05, 3.63) is 255 Å². The van der Waals surface area contributed by atoms with Crippen LogP contribution < -0.4 is 0 Å². The average molecular weight is 919 g/mol. The number of hydrogen-bond acceptors (Lipinski definition) is 4. The maximum atomic E-state index is 5.64. The predicted molar refractivity (Wildman–Crippen MR) is 296 cm³/mol. The van der Waals surface area contributed by atoms with E-state index >= 15 is 0 Å². The maximum absolute atomic E-state index is 5.64. The summed E-state index contributed by atoms with van der Waals surface area (Å²) in [5.74, 6) is 2.35. The van der Waals surface area contributed by atoms with E-state index in [0.717, 1.165) is 112 Å². The van der Waals surface area contributed by atoms with Crippen LogP contribution in [0.25, 0.3) is 134 Å². The summed E-state index contributed by atoms with van der Waals surface area (Å²) in [6.45, 7) is 0.